The maximum absolute atomic E-state index is 13.1. The number of fused-ring (bicyclic) bond motifs is 1. The van der Waals surface area contributed by atoms with E-state index in [1.165, 1.54) is 35.2 Å². The molecule has 0 saturated heterocycles. The van der Waals surface area contributed by atoms with Gasteiger partial charge in [-0.25, -0.2) is 9.37 Å². The minimum atomic E-state index is -0.348. The summed E-state index contributed by atoms with van der Waals surface area (Å²) in [6.07, 6.45) is 0. The lowest BCUT2D eigenvalue weighted by molar-refractivity contribution is -0.323. The van der Waals surface area contributed by atoms with E-state index >= 15 is 0 Å². The highest BCUT2D eigenvalue weighted by Crippen LogP contribution is 2.34. The molecule has 0 bridgehead atoms. The van der Waals surface area contributed by atoms with E-state index in [1.807, 2.05) is 30.3 Å². The van der Waals surface area contributed by atoms with E-state index < -0.39 is 0 Å². The molecular weight excluding hydrogens is 433 g/mol. The summed E-state index contributed by atoms with van der Waals surface area (Å²) in [6, 6.07) is 17.3. The van der Waals surface area contributed by atoms with Crippen molar-refractivity contribution < 1.29 is 14.2 Å². The minimum absolute atomic E-state index is 0.228. The van der Waals surface area contributed by atoms with Gasteiger partial charge in [0.2, 0.25) is 0 Å². The molecule has 9 heteroatoms. The predicted molar refractivity (Wildman–Crippen MR) is 122 cm³/mol. The van der Waals surface area contributed by atoms with Crippen LogP contribution in [0.3, 0.4) is 0 Å². The first-order valence-corrected chi connectivity index (χ1v) is 11.0. The van der Waals surface area contributed by atoms with E-state index in [9.17, 15) is 9.18 Å². The van der Waals surface area contributed by atoms with Crippen LogP contribution in [0, 0.1) is 17.1 Å². The molecular formula is C22H17FN5OS2+. The normalized spacial score (nSPS) is 10.7. The average Bonchev–Trinajstić information content (AvgIpc) is 3.09. The topological polar surface area (TPSA) is 119 Å². The van der Waals surface area contributed by atoms with Gasteiger partial charge in [0.1, 0.15) is 22.3 Å². The Kier molecular flexibility index (Phi) is 5.75. The van der Waals surface area contributed by atoms with E-state index in [1.54, 1.807) is 18.2 Å². The zero-order valence-corrected chi connectivity index (χ0v) is 17.7. The van der Waals surface area contributed by atoms with E-state index in [0.29, 0.717) is 32.2 Å². The maximum Gasteiger partial charge on any atom is 0.289 e. The fourth-order valence-electron chi connectivity index (χ4n) is 2.98. The number of benzene rings is 2. The Bertz CT molecular complexity index is 1330. The summed E-state index contributed by atoms with van der Waals surface area (Å²) in [4.78, 5) is 17.7. The third kappa shape index (κ3) is 4.30. The van der Waals surface area contributed by atoms with E-state index in [-0.39, 0.29) is 23.1 Å². The minimum Gasteiger partial charge on any atom is -0.397 e. The van der Waals surface area contributed by atoms with Gasteiger partial charge in [-0.3, -0.25) is 10.5 Å². The van der Waals surface area contributed by atoms with Crippen molar-refractivity contribution in [1.29, 1.82) is 5.26 Å². The lowest BCUT2D eigenvalue weighted by Gasteiger charge is -2.10. The van der Waals surface area contributed by atoms with E-state index in [2.05, 4.69) is 10.3 Å². The standard InChI is InChI=1S/C22H16FN5OS2/c23-14-7-5-12(6-8-14)11-30-17-4-2-1-3-16(17)27-21(29)19-18(25)15-9-13(10-24)20(26)28-22(15)31-19/h1-9H,11,25H2,(H2,26,28)(H,27,29)/p+1. The number of anilines is 3. The summed E-state index contributed by atoms with van der Waals surface area (Å²) in [5.41, 5.74) is 14.2. The Morgan fingerprint density at radius 1 is 1.19 bits per heavy atom. The zero-order valence-electron chi connectivity index (χ0n) is 16.1. The average molecular weight is 451 g/mol. The molecule has 0 fully saturated rings. The summed E-state index contributed by atoms with van der Waals surface area (Å²) in [7, 11) is 0. The SMILES string of the molecule is N#Cc1cc2c(N)c(C(=O)Nc3ccccc3SCc3ccc(F)cc3)sc2[nH+]c1N. The summed E-state index contributed by atoms with van der Waals surface area (Å²) >= 11 is 2.71. The number of hydrogen-bond donors (Lipinski definition) is 3. The van der Waals surface area contributed by atoms with Crippen LogP contribution in [-0.4, -0.2) is 5.91 Å². The van der Waals surface area contributed by atoms with E-state index in [0.717, 1.165) is 10.5 Å². The fraction of sp³-hybridized carbons (Fsp3) is 0.0455. The molecule has 0 aliphatic rings. The number of pyridine rings is 1. The summed E-state index contributed by atoms with van der Waals surface area (Å²) < 4.78 is 13.1. The number of carbonyl (C=O) groups excluding carboxylic acids is 1. The number of amides is 1. The Morgan fingerprint density at radius 2 is 1.94 bits per heavy atom. The van der Waals surface area contributed by atoms with Gasteiger partial charge in [-0.2, -0.15) is 5.26 Å². The van der Waals surface area contributed by atoms with Crippen LogP contribution in [0.25, 0.3) is 10.2 Å². The van der Waals surface area contributed by atoms with Crippen LogP contribution in [0.1, 0.15) is 20.8 Å². The maximum atomic E-state index is 13.1. The van der Waals surface area contributed by atoms with Crippen LogP contribution < -0.4 is 21.8 Å². The number of thiophene rings is 1. The first-order chi connectivity index (χ1) is 15.0. The van der Waals surface area contributed by atoms with E-state index in [4.69, 9.17) is 16.7 Å². The second-order valence-electron chi connectivity index (χ2n) is 6.66. The molecule has 154 valence electrons. The molecule has 0 unspecified atom stereocenters. The Hall–Kier alpha value is -3.61. The number of aromatic nitrogens is 1. The number of aromatic amines is 1. The highest BCUT2D eigenvalue weighted by molar-refractivity contribution is 7.98. The van der Waals surface area contributed by atoms with Gasteiger partial charge in [0.05, 0.1) is 16.8 Å². The molecule has 0 aliphatic carbocycles. The number of nitrogens with zero attached hydrogens (tertiary/aromatic N) is 1. The molecule has 0 spiro atoms. The van der Waals surface area contributed by atoms with Gasteiger partial charge in [0.25, 0.3) is 11.7 Å². The molecule has 1 amide bonds. The summed E-state index contributed by atoms with van der Waals surface area (Å²) in [5.74, 6) is 0.233. The van der Waals surface area contributed by atoms with Gasteiger partial charge >= 0.3 is 0 Å². The molecule has 6 N–H and O–H groups in total. The van der Waals surface area contributed by atoms with Gasteiger partial charge < -0.3 is 11.1 Å². The monoisotopic (exact) mass is 450 g/mol. The van der Waals surface area contributed by atoms with Crippen LogP contribution >= 0.6 is 23.1 Å². The quantitative estimate of drug-likeness (QED) is 0.389. The van der Waals surface area contributed by atoms with Gasteiger partial charge in [0, 0.05) is 10.6 Å². The number of H-pyrrole nitrogens is 1. The van der Waals surface area contributed by atoms with Crippen LogP contribution in [-0.2, 0) is 5.75 Å². The molecule has 0 atom stereocenters. The summed E-state index contributed by atoms with van der Waals surface area (Å²) in [6.45, 7) is 0. The van der Waals surface area contributed by atoms with Crippen molar-refractivity contribution in [3.8, 4) is 6.07 Å². The molecule has 4 aromatic rings. The van der Waals surface area contributed by atoms with Gasteiger partial charge in [-0.05, 0) is 35.9 Å². The molecule has 2 heterocycles. The highest BCUT2D eigenvalue weighted by atomic mass is 32.2. The number of halogens is 1. The van der Waals surface area contributed by atoms with Gasteiger partial charge in [-0.1, -0.05) is 35.6 Å². The molecule has 2 aromatic carbocycles. The van der Waals surface area contributed by atoms with Crippen molar-refractivity contribution in [2.45, 2.75) is 10.6 Å². The van der Waals surface area contributed by atoms with Crippen molar-refractivity contribution in [2.75, 3.05) is 16.8 Å². The van der Waals surface area contributed by atoms with Crippen LogP contribution in [0.2, 0.25) is 0 Å². The second kappa shape index (κ2) is 8.63. The smallest absolute Gasteiger partial charge is 0.289 e. The molecule has 0 aliphatic heterocycles. The first-order valence-electron chi connectivity index (χ1n) is 9.17. The molecule has 2 aromatic heterocycles. The molecule has 31 heavy (non-hydrogen) atoms. The van der Waals surface area contributed by atoms with Crippen LogP contribution in [0.15, 0.2) is 59.5 Å². The number of para-hydroxylation sites is 1. The number of nitrogens with one attached hydrogen (secondary N) is 2. The number of nitrogen functional groups attached to an aromatic ring is 2. The number of rotatable bonds is 5. The largest absolute Gasteiger partial charge is 0.397 e. The molecule has 4 rings (SSSR count). The van der Waals surface area contributed by atoms with Crippen LogP contribution in [0.5, 0.6) is 0 Å². The van der Waals surface area contributed by atoms with Gasteiger partial charge in [-0.15, -0.1) is 11.8 Å². The van der Waals surface area contributed by atoms with Crippen molar-refractivity contribution >= 4 is 56.4 Å². The third-order valence-corrected chi connectivity index (χ3v) is 6.86. The number of nitrogens with two attached hydrogens (primary N) is 2. The molecule has 0 saturated carbocycles. The highest BCUT2D eigenvalue weighted by Gasteiger charge is 2.21. The Labute approximate surface area is 185 Å². The first kappa shape index (κ1) is 20.7. The number of carbonyl (C=O) groups is 1. The van der Waals surface area contributed by atoms with Crippen LogP contribution in [0.4, 0.5) is 21.6 Å². The van der Waals surface area contributed by atoms with Gasteiger partial charge in [0.15, 0.2) is 4.83 Å². The molecule has 6 nitrogen and oxygen atoms in total. The fourth-order valence-corrected chi connectivity index (χ4v) is 4.95. The second-order valence-corrected chi connectivity index (χ2v) is 8.70. The van der Waals surface area contributed by atoms with Crippen molar-refractivity contribution in [1.82, 2.24) is 0 Å². The Morgan fingerprint density at radius 3 is 2.68 bits per heavy atom. The lowest BCUT2D eigenvalue weighted by atomic mass is 10.2. The number of nitriles is 1. The Balaban J connectivity index is 1.57. The number of hydrogen-bond acceptors (Lipinski definition) is 6. The molecule has 0 radical (unpaired) electrons. The van der Waals surface area contributed by atoms with Crippen molar-refractivity contribution in [3.05, 3.63) is 76.4 Å². The lowest BCUT2D eigenvalue weighted by Crippen LogP contribution is -2.12. The third-order valence-electron chi connectivity index (χ3n) is 4.58. The predicted octanol–water partition coefficient (Wildman–Crippen LogP) is 4.44. The van der Waals surface area contributed by atoms with Crippen molar-refractivity contribution in [2.24, 2.45) is 0 Å². The zero-order chi connectivity index (χ0) is 22.0. The van der Waals surface area contributed by atoms with Crippen molar-refractivity contribution in [3.63, 3.8) is 0 Å². The summed E-state index contributed by atoms with van der Waals surface area (Å²) in [5, 5.41) is 12.7. The number of thioether (sulfide) groups is 1.